The lowest BCUT2D eigenvalue weighted by molar-refractivity contribution is -0.144. The molecule has 6 unspecified atom stereocenters. The first-order valence-corrected chi connectivity index (χ1v) is 25.1. The topological polar surface area (TPSA) is 366 Å². The molecule has 80 heavy (non-hydrogen) atoms. The highest BCUT2D eigenvalue weighted by Gasteiger charge is 2.39. The van der Waals surface area contributed by atoms with E-state index in [2.05, 4.69) is 26.6 Å². The Balaban J connectivity index is 1.68. The summed E-state index contributed by atoms with van der Waals surface area (Å²) < 4.78 is 31.7. The van der Waals surface area contributed by atoms with Crippen LogP contribution in [0.5, 0.6) is 0 Å². The van der Waals surface area contributed by atoms with Gasteiger partial charge in [-0.15, -0.1) is 0 Å². The van der Waals surface area contributed by atoms with Crippen molar-refractivity contribution in [2.24, 2.45) is 11.1 Å². The van der Waals surface area contributed by atoms with E-state index in [1.165, 1.54) is 25.8 Å². The van der Waals surface area contributed by atoms with Crippen LogP contribution in [0.1, 0.15) is 84.0 Å². The summed E-state index contributed by atoms with van der Waals surface area (Å²) in [6.45, 7) is 5.15. The van der Waals surface area contributed by atoms with E-state index in [-0.39, 0.29) is 17.7 Å². The number of primary amides is 1. The number of nitrogens with zero attached hydrogens (tertiary/aromatic N) is 4. The third-order valence-corrected chi connectivity index (χ3v) is 12.8. The third-order valence-electron chi connectivity index (χ3n) is 12.8. The molecule has 0 spiro atoms. The highest BCUT2D eigenvalue weighted by Crippen LogP contribution is 2.41. The SMILES string of the molecule is CC(NC(=O)CN1C(=O)C=CC1=O)C(=O)N(C)C(C)C(=O)NC(CC(N)=O)C(=O)NC(CCN(C(=O)CO)C(c1cc(-c2cc(F)ccc2F)cn1Cc1ccccc1)C(C)(C)C)C(=O)NCCC(=O)NC(CCC(=O)O)C(=O)O. The van der Waals surface area contributed by atoms with Gasteiger partial charge in [-0.05, 0) is 61.9 Å². The minimum absolute atomic E-state index is 0.105. The molecule has 10 N–H and O–H groups in total. The maximum absolute atomic E-state index is 15.4. The van der Waals surface area contributed by atoms with E-state index < -0.39 is 183 Å². The molecule has 27 heteroatoms. The molecule has 0 saturated carbocycles. The number of rotatable bonds is 29. The highest BCUT2D eigenvalue weighted by atomic mass is 19.1. The van der Waals surface area contributed by atoms with Crippen LogP contribution in [0.3, 0.4) is 0 Å². The summed E-state index contributed by atoms with van der Waals surface area (Å²) in [5.41, 5.74) is 5.79. The van der Waals surface area contributed by atoms with Gasteiger partial charge in [0.1, 0.15) is 55.0 Å². The predicted molar refractivity (Wildman–Crippen MR) is 278 cm³/mol. The van der Waals surface area contributed by atoms with Crippen LogP contribution in [-0.2, 0) is 64.1 Å². The van der Waals surface area contributed by atoms with Crippen LogP contribution >= 0.6 is 0 Å². The zero-order valence-electron chi connectivity index (χ0n) is 44.8. The van der Waals surface area contributed by atoms with Gasteiger partial charge in [-0.3, -0.25) is 57.6 Å². The van der Waals surface area contributed by atoms with Gasteiger partial charge < -0.3 is 62.0 Å². The van der Waals surface area contributed by atoms with Gasteiger partial charge in [0.25, 0.3) is 11.8 Å². The Morgan fingerprint density at radius 2 is 1.40 bits per heavy atom. The molecule has 1 aromatic heterocycles. The average molecular weight is 1120 g/mol. The molecule has 2 aromatic carbocycles. The van der Waals surface area contributed by atoms with Gasteiger partial charge in [0.05, 0.1) is 12.5 Å². The van der Waals surface area contributed by atoms with E-state index in [4.69, 9.17) is 10.8 Å². The van der Waals surface area contributed by atoms with Crippen molar-refractivity contribution >= 4 is 71.0 Å². The largest absolute Gasteiger partial charge is 0.481 e. The fourth-order valence-electron chi connectivity index (χ4n) is 8.58. The van der Waals surface area contributed by atoms with Crippen LogP contribution < -0.4 is 32.3 Å². The van der Waals surface area contributed by atoms with Crippen molar-refractivity contribution in [3.05, 3.63) is 95.8 Å². The lowest BCUT2D eigenvalue weighted by atomic mass is 9.82. The summed E-state index contributed by atoms with van der Waals surface area (Å²) in [6.07, 6.45) is 0.478. The van der Waals surface area contributed by atoms with Crippen molar-refractivity contribution < 1.29 is 81.6 Å². The van der Waals surface area contributed by atoms with Crippen LogP contribution in [0.4, 0.5) is 8.78 Å². The van der Waals surface area contributed by atoms with Crippen LogP contribution in [-0.4, -0.2) is 169 Å². The van der Waals surface area contributed by atoms with Crippen LogP contribution in [0.15, 0.2) is 72.9 Å². The zero-order valence-corrected chi connectivity index (χ0v) is 44.8. The number of halogens is 2. The first-order chi connectivity index (χ1) is 37.5. The first kappa shape index (κ1) is 63.7. The molecular formula is C53H66F2N10O15. The second kappa shape index (κ2) is 28.7. The second-order valence-corrected chi connectivity index (χ2v) is 19.9. The average Bonchev–Trinajstić information content (AvgIpc) is 4.11. The van der Waals surface area contributed by atoms with E-state index in [0.29, 0.717) is 10.6 Å². The van der Waals surface area contributed by atoms with Crippen molar-refractivity contribution in [1.29, 1.82) is 0 Å². The molecule has 2 heterocycles. The number of benzene rings is 2. The van der Waals surface area contributed by atoms with E-state index in [0.717, 1.165) is 40.8 Å². The summed E-state index contributed by atoms with van der Waals surface area (Å²) in [7, 11) is 1.18. The van der Waals surface area contributed by atoms with Gasteiger partial charge in [-0.1, -0.05) is 51.1 Å². The van der Waals surface area contributed by atoms with Crippen molar-refractivity contribution in [3.8, 4) is 11.1 Å². The van der Waals surface area contributed by atoms with Crippen molar-refractivity contribution in [1.82, 2.24) is 45.9 Å². The quantitative estimate of drug-likeness (QED) is 0.0408. The highest BCUT2D eigenvalue weighted by molar-refractivity contribution is 6.14. The molecule has 432 valence electrons. The number of aliphatic hydroxyl groups is 1. The summed E-state index contributed by atoms with van der Waals surface area (Å²) in [6, 6.07) is 4.48. The number of carbonyl (C=O) groups excluding carboxylic acids is 10. The van der Waals surface area contributed by atoms with Gasteiger partial charge in [-0.25, -0.2) is 13.6 Å². The second-order valence-electron chi connectivity index (χ2n) is 19.9. The molecule has 1 aliphatic heterocycles. The van der Waals surface area contributed by atoms with Gasteiger partial charge in [0.2, 0.25) is 47.3 Å². The fraction of sp³-hybridized carbons (Fsp3) is 0.434. The molecule has 4 rings (SSSR count). The predicted octanol–water partition coefficient (Wildman–Crippen LogP) is -0.158. The van der Waals surface area contributed by atoms with Crippen LogP contribution in [0.25, 0.3) is 11.1 Å². The first-order valence-electron chi connectivity index (χ1n) is 25.1. The van der Waals surface area contributed by atoms with Gasteiger partial charge in [-0.2, -0.15) is 0 Å². The molecule has 0 aliphatic carbocycles. The van der Waals surface area contributed by atoms with Crippen LogP contribution in [0, 0.1) is 17.0 Å². The third kappa shape index (κ3) is 18.1. The number of aromatic nitrogens is 1. The molecule has 1 aliphatic rings. The number of nitrogens with two attached hydrogens (primary N) is 1. The molecule has 6 atom stereocenters. The number of carboxylic acid groups (broad SMARTS) is 2. The monoisotopic (exact) mass is 1120 g/mol. The van der Waals surface area contributed by atoms with Crippen LogP contribution in [0.2, 0.25) is 0 Å². The van der Waals surface area contributed by atoms with Crippen molar-refractivity contribution in [2.45, 2.75) is 110 Å². The van der Waals surface area contributed by atoms with E-state index in [1.807, 2.05) is 12.1 Å². The van der Waals surface area contributed by atoms with E-state index in [9.17, 15) is 72.1 Å². The summed E-state index contributed by atoms with van der Waals surface area (Å²) >= 11 is 0. The Labute approximate surface area is 458 Å². The lowest BCUT2D eigenvalue weighted by Crippen LogP contribution is -2.58. The molecule has 0 saturated heterocycles. The molecule has 10 amide bonds. The molecule has 0 radical (unpaired) electrons. The van der Waals surface area contributed by atoms with Crippen molar-refractivity contribution in [2.75, 3.05) is 33.3 Å². The fourth-order valence-corrected chi connectivity index (χ4v) is 8.58. The number of amides is 10. The van der Waals surface area contributed by atoms with Gasteiger partial charge in [0, 0.05) is 74.7 Å². The summed E-state index contributed by atoms with van der Waals surface area (Å²) in [4.78, 5) is 157. The summed E-state index contributed by atoms with van der Waals surface area (Å²) in [5, 5.41) is 40.7. The van der Waals surface area contributed by atoms with E-state index in [1.54, 1.807) is 55.8 Å². The van der Waals surface area contributed by atoms with Crippen molar-refractivity contribution in [3.63, 3.8) is 0 Å². The van der Waals surface area contributed by atoms with E-state index >= 15 is 4.39 Å². The molecule has 0 fully saturated rings. The number of imide groups is 1. The standard InChI is InChI=1S/C53H66F2N10O15/c1-29(58-42(69)27-65-43(70)15-16-44(65)71)51(78)62(6)30(2)48(75)61-38(24-40(56)67)50(77)60-36(49(76)57-20-18-41(68)59-37(52(79)80)14-17-46(73)74)19-21-64(45(72)28-66)47(53(3,4)5)39-22-32(34-23-33(54)12-13-35(34)55)26-63(39)25-31-10-8-7-9-11-31/h7-13,15-16,22-23,26,29-30,36-38,47,66H,14,17-21,24-25,27-28H2,1-6H3,(H2,56,67)(H,57,76)(H,58,69)(H,59,68)(H,60,77)(H,61,75)(H,73,74)(H,79,80). The Bertz CT molecular complexity index is 2850. The Kier molecular flexibility index (Phi) is 22.8. The zero-order chi connectivity index (χ0) is 59.8. The number of hydrogen-bond acceptors (Lipinski definition) is 13. The van der Waals surface area contributed by atoms with Gasteiger partial charge >= 0.3 is 11.9 Å². The lowest BCUT2D eigenvalue weighted by Gasteiger charge is -2.41. The normalized spacial score (nSPS) is 14.4. The Morgan fingerprint density at radius 1 is 0.762 bits per heavy atom. The number of likely N-dealkylation sites (N-methyl/N-ethyl adjacent to an activating group) is 1. The molecule has 0 bridgehead atoms. The Morgan fingerprint density at radius 3 is 1.99 bits per heavy atom. The molecular weight excluding hydrogens is 1050 g/mol. The smallest absolute Gasteiger partial charge is 0.326 e. The molecule has 25 nitrogen and oxygen atoms in total. The number of carbonyl (C=O) groups is 12. The minimum Gasteiger partial charge on any atom is -0.481 e. The number of hydrogen-bond donors (Lipinski definition) is 9. The summed E-state index contributed by atoms with van der Waals surface area (Å²) in [5.74, 6) is -13.8. The number of nitrogens with one attached hydrogen (secondary N) is 5. The maximum atomic E-state index is 15.4. The van der Waals surface area contributed by atoms with Gasteiger partial charge in [0.15, 0.2) is 0 Å². The number of carboxylic acids is 2. The Hall–Kier alpha value is -8.88. The number of aliphatic hydroxyl groups excluding tert-OH is 1. The minimum atomic E-state index is -1.85. The maximum Gasteiger partial charge on any atom is 0.326 e. The molecule has 3 aromatic rings. The number of aliphatic carboxylic acids is 2.